The van der Waals surface area contributed by atoms with E-state index in [2.05, 4.69) is 4.72 Å². The van der Waals surface area contributed by atoms with Gasteiger partial charge in [-0.05, 0) is 38.7 Å². The number of halogens is 3. The van der Waals surface area contributed by atoms with Crippen molar-refractivity contribution in [2.24, 2.45) is 0 Å². The van der Waals surface area contributed by atoms with Gasteiger partial charge in [0.1, 0.15) is 10.7 Å². The van der Waals surface area contributed by atoms with Gasteiger partial charge in [-0.3, -0.25) is 0 Å². The lowest BCUT2D eigenvalue weighted by molar-refractivity contribution is 0.101. The van der Waals surface area contributed by atoms with Gasteiger partial charge in [-0.2, -0.15) is 0 Å². The van der Waals surface area contributed by atoms with Crippen molar-refractivity contribution in [3.05, 3.63) is 29.6 Å². The van der Waals surface area contributed by atoms with E-state index in [1.54, 1.807) is 6.92 Å². The van der Waals surface area contributed by atoms with E-state index in [9.17, 15) is 21.6 Å². The number of hydrogen-bond donors (Lipinski definition) is 1. The maximum Gasteiger partial charge on any atom is 0.243 e. The van der Waals surface area contributed by atoms with Crippen molar-refractivity contribution < 1.29 is 26.3 Å². The van der Waals surface area contributed by atoms with Crippen LogP contribution in [-0.4, -0.2) is 27.2 Å². The third kappa shape index (κ3) is 4.21. The lowest BCUT2D eigenvalue weighted by atomic mass is 10.1. The monoisotopic (exact) mass is 337 g/mol. The zero-order valence-corrected chi connectivity index (χ0v) is 12.9. The first-order valence-electron chi connectivity index (χ1n) is 7.08. The molecule has 0 aromatic heterocycles. The molecule has 0 bridgehead atoms. The SMILES string of the molecule is CC(CCC1CCCO1)NS(=O)(=O)c1cc(F)c(F)cc1F. The number of nitrogens with one attached hydrogen (secondary N) is 1. The zero-order chi connectivity index (χ0) is 16.3. The van der Waals surface area contributed by atoms with E-state index in [-0.39, 0.29) is 12.2 Å². The van der Waals surface area contributed by atoms with Crippen molar-refractivity contribution in [3.8, 4) is 0 Å². The van der Waals surface area contributed by atoms with Crippen LogP contribution in [0.25, 0.3) is 0 Å². The first kappa shape index (κ1) is 17.2. The van der Waals surface area contributed by atoms with E-state index in [4.69, 9.17) is 4.74 Å². The summed E-state index contributed by atoms with van der Waals surface area (Å²) in [5.74, 6) is -4.16. The van der Waals surface area contributed by atoms with Gasteiger partial charge in [-0.15, -0.1) is 0 Å². The van der Waals surface area contributed by atoms with Crippen molar-refractivity contribution in [1.82, 2.24) is 4.72 Å². The topological polar surface area (TPSA) is 55.4 Å². The summed E-state index contributed by atoms with van der Waals surface area (Å²) in [7, 11) is -4.25. The molecular weight excluding hydrogens is 319 g/mol. The third-order valence-electron chi connectivity index (χ3n) is 3.57. The molecule has 0 saturated carbocycles. The van der Waals surface area contributed by atoms with Crippen LogP contribution >= 0.6 is 0 Å². The van der Waals surface area contributed by atoms with Crippen LogP contribution in [0.15, 0.2) is 17.0 Å². The van der Waals surface area contributed by atoms with Crippen LogP contribution < -0.4 is 4.72 Å². The van der Waals surface area contributed by atoms with Gasteiger partial charge in [0.2, 0.25) is 10.0 Å². The Balaban J connectivity index is 2.02. The average molecular weight is 337 g/mol. The maximum absolute atomic E-state index is 13.6. The Labute approximate surface area is 127 Å². The summed E-state index contributed by atoms with van der Waals surface area (Å²) in [5, 5.41) is 0. The molecular formula is C14H18F3NO3S. The third-order valence-corrected chi connectivity index (χ3v) is 5.17. The highest BCUT2D eigenvalue weighted by molar-refractivity contribution is 7.89. The lowest BCUT2D eigenvalue weighted by Crippen LogP contribution is -2.33. The summed E-state index contributed by atoms with van der Waals surface area (Å²) in [6, 6.07) is 0.0995. The van der Waals surface area contributed by atoms with Gasteiger partial charge in [0.25, 0.3) is 0 Å². The van der Waals surface area contributed by atoms with Gasteiger partial charge >= 0.3 is 0 Å². The number of ether oxygens (including phenoxy) is 1. The van der Waals surface area contributed by atoms with Gasteiger partial charge in [-0.25, -0.2) is 26.3 Å². The van der Waals surface area contributed by atoms with Crippen LogP contribution in [0.4, 0.5) is 13.2 Å². The van der Waals surface area contributed by atoms with Gasteiger partial charge in [-0.1, -0.05) is 0 Å². The summed E-state index contributed by atoms with van der Waals surface area (Å²) in [6.07, 6.45) is 3.24. The van der Waals surface area contributed by atoms with E-state index in [0.717, 1.165) is 12.8 Å². The molecule has 2 atom stereocenters. The first-order valence-corrected chi connectivity index (χ1v) is 8.56. The Bertz CT molecular complexity index is 630. The molecule has 0 aliphatic carbocycles. The molecule has 1 heterocycles. The second-order valence-corrected chi connectivity index (χ2v) is 7.11. The largest absolute Gasteiger partial charge is 0.378 e. The smallest absolute Gasteiger partial charge is 0.243 e. The van der Waals surface area contributed by atoms with E-state index in [0.29, 0.717) is 25.5 Å². The molecule has 2 unspecified atom stereocenters. The Morgan fingerprint density at radius 3 is 2.59 bits per heavy atom. The Morgan fingerprint density at radius 1 is 1.27 bits per heavy atom. The highest BCUT2D eigenvalue weighted by Crippen LogP contribution is 2.21. The van der Waals surface area contributed by atoms with E-state index in [1.165, 1.54) is 0 Å². The molecule has 1 saturated heterocycles. The quantitative estimate of drug-likeness (QED) is 0.812. The van der Waals surface area contributed by atoms with Gasteiger partial charge in [0.05, 0.1) is 6.10 Å². The van der Waals surface area contributed by atoms with E-state index in [1.807, 2.05) is 0 Å². The molecule has 1 fully saturated rings. The summed E-state index contributed by atoms with van der Waals surface area (Å²) in [4.78, 5) is -0.893. The number of benzene rings is 1. The van der Waals surface area contributed by atoms with Crippen LogP contribution in [0.1, 0.15) is 32.6 Å². The molecule has 1 aromatic carbocycles. The summed E-state index contributed by atoms with van der Waals surface area (Å²) >= 11 is 0. The molecule has 2 rings (SSSR count). The summed E-state index contributed by atoms with van der Waals surface area (Å²) < 4.78 is 71.4. The molecule has 124 valence electrons. The van der Waals surface area contributed by atoms with Crippen LogP contribution in [0.3, 0.4) is 0 Å². The molecule has 0 radical (unpaired) electrons. The normalized spacial score (nSPS) is 20.3. The molecule has 22 heavy (non-hydrogen) atoms. The molecule has 1 aromatic rings. The molecule has 0 amide bonds. The average Bonchev–Trinajstić information content (AvgIpc) is 2.93. The second-order valence-electron chi connectivity index (χ2n) is 5.43. The first-order chi connectivity index (χ1) is 10.3. The summed E-state index contributed by atoms with van der Waals surface area (Å²) in [6.45, 7) is 2.34. The Kier molecular flexibility index (Phi) is 5.46. The minimum absolute atomic E-state index is 0.118. The highest BCUT2D eigenvalue weighted by Gasteiger charge is 2.24. The van der Waals surface area contributed by atoms with Crippen LogP contribution in [0.2, 0.25) is 0 Å². The number of rotatable bonds is 6. The van der Waals surface area contributed by atoms with E-state index >= 15 is 0 Å². The minimum Gasteiger partial charge on any atom is -0.378 e. The van der Waals surface area contributed by atoms with Crippen molar-refractivity contribution in [2.45, 2.75) is 49.6 Å². The van der Waals surface area contributed by atoms with Crippen molar-refractivity contribution in [3.63, 3.8) is 0 Å². The molecule has 1 aliphatic heterocycles. The molecule has 1 aliphatic rings. The summed E-state index contributed by atoms with van der Waals surface area (Å²) in [5.41, 5.74) is 0. The fourth-order valence-electron chi connectivity index (χ4n) is 2.41. The predicted molar refractivity (Wildman–Crippen MR) is 74.3 cm³/mol. The molecule has 4 nitrogen and oxygen atoms in total. The zero-order valence-electron chi connectivity index (χ0n) is 12.1. The van der Waals surface area contributed by atoms with Crippen molar-refractivity contribution in [1.29, 1.82) is 0 Å². The minimum atomic E-state index is -4.25. The lowest BCUT2D eigenvalue weighted by Gasteiger charge is -2.16. The van der Waals surface area contributed by atoms with E-state index < -0.39 is 38.4 Å². The molecule has 1 N–H and O–H groups in total. The Morgan fingerprint density at radius 2 is 1.95 bits per heavy atom. The fraction of sp³-hybridized carbons (Fsp3) is 0.571. The standard InChI is InChI=1S/C14H18F3NO3S/c1-9(4-5-10-3-2-6-21-10)18-22(19,20)14-8-12(16)11(15)7-13(14)17/h7-10,18H,2-6H2,1H3. The van der Waals surface area contributed by atoms with Crippen molar-refractivity contribution >= 4 is 10.0 Å². The number of hydrogen-bond acceptors (Lipinski definition) is 3. The number of sulfonamides is 1. The fourth-order valence-corrected chi connectivity index (χ4v) is 3.75. The molecule has 0 spiro atoms. The van der Waals surface area contributed by atoms with Gasteiger partial charge < -0.3 is 4.74 Å². The Hall–Kier alpha value is -1.12. The van der Waals surface area contributed by atoms with Crippen LogP contribution in [0, 0.1) is 17.5 Å². The maximum atomic E-state index is 13.6. The highest BCUT2D eigenvalue weighted by atomic mass is 32.2. The van der Waals surface area contributed by atoms with Crippen molar-refractivity contribution in [2.75, 3.05) is 6.61 Å². The van der Waals surface area contributed by atoms with Crippen LogP contribution in [0.5, 0.6) is 0 Å². The second kappa shape index (κ2) is 6.97. The van der Waals surface area contributed by atoms with Gasteiger partial charge in [0.15, 0.2) is 11.6 Å². The molecule has 8 heteroatoms. The van der Waals surface area contributed by atoms with Gasteiger partial charge in [0, 0.05) is 18.7 Å². The predicted octanol–water partition coefficient (Wildman–Crippen LogP) is 2.73. The van der Waals surface area contributed by atoms with Crippen LogP contribution in [-0.2, 0) is 14.8 Å².